The smallest absolute Gasteiger partial charge is 0.0223 e. The van der Waals surface area contributed by atoms with Crippen molar-refractivity contribution in [3.05, 3.63) is 10.2 Å². The van der Waals surface area contributed by atoms with Gasteiger partial charge in [0.1, 0.15) is 0 Å². The Morgan fingerprint density at radius 1 is 0.478 bits per heavy atom. The first-order valence-corrected chi connectivity index (χ1v) is 4.48. The molecule has 0 rings (SSSR count). The molecule has 3 nitrogen and oxygen atoms in total. The van der Waals surface area contributed by atoms with E-state index < -0.39 is 7.36 Å². The molecule has 0 N–H and O–H groups in total. The molecule has 0 aromatic carbocycles. The molecule has 0 bridgehead atoms. The Labute approximate surface area is 522 Å². The van der Waals surface area contributed by atoms with Crippen LogP contribution in [-0.2, 0) is 491 Å². The fourth-order valence-corrected chi connectivity index (χ4v) is 0.805. The zero-order valence-corrected chi connectivity index (χ0v) is 57.9. The molecular formula is C4H12N3PY15-2. The van der Waals surface area contributed by atoms with E-state index in [1.54, 1.807) is 21.1 Å². The van der Waals surface area contributed by atoms with E-state index in [-0.39, 0.29) is 491 Å². The summed E-state index contributed by atoms with van der Waals surface area (Å²) in [4.78, 5) is 0. The molecule has 0 saturated heterocycles. The third-order valence-electron chi connectivity index (χ3n) is 1.14. The van der Waals surface area contributed by atoms with E-state index in [0.717, 1.165) is 0 Å². The van der Waals surface area contributed by atoms with Gasteiger partial charge in [-0.15, -0.1) is 0 Å². The number of hydrogen-bond donors (Lipinski definition) is 0. The van der Waals surface area contributed by atoms with E-state index in [1.807, 2.05) is 6.66 Å². The van der Waals surface area contributed by atoms with Crippen molar-refractivity contribution in [1.82, 2.24) is 0 Å². The van der Waals surface area contributed by atoms with Crippen LogP contribution in [0, 0.1) is 0 Å². The second kappa shape index (κ2) is 83.3. The van der Waals surface area contributed by atoms with Gasteiger partial charge < -0.3 is 14.9 Å². The molecular weight excluding hydrogens is 1450 g/mol. The van der Waals surface area contributed by atoms with Gasteiger partial charge in [0, 0.05) is 498 Å². The Morgan fingerprint density at radius 3 is 0.609 bits per heavy atom. The molecule has 19 heteroatoms. The summed E-state index contributed by atoms with van der Waals surface area (Å²) in [5.74, 6) is 0. The van der Waals surface area contributed by atoms with Crippen LogP contribution in [0.4, 0.5) is 0 Å². The third-order valence-corrected chi connectivity index (χ3v) is 3.41. The molecule has 0 unspecified atom stereocenters. The predicted octanol–water partition coefficient (Wildman–Crippen LogP) is 2.25. The molecule has 95 valence electrons. The van der Waals surface area contributed by atoms with Gasteiger partial charge in [-0.1, -0.05) is 6.66 Å². The van der Waals surface area contributed by atoms with E-state index in [0.29, 0.717) is 0 Å². The Hall–Kier alpha value is 16.7. The molecule has 0 aromatic heterocycles. The summed E-state index contributed by atoms with van der Waals surface area (Å²) >= 11 is 0. The molecule has 0 fully saturated rings. The molecule has 0 aliphatic heterocycles. The Balaban J connectivity index is -0.00000000233. The first-order valence-electron chi connectivity index (χ1n) is 2.39. The van der Waals surface area contributed by atoms with Gasteiger partial charge in [-0.3, -0.25) is 0 Å². The molecule has 0 aliphatic rings. The number of rotatable bonds is 2. The summed E-state index contributed by atoms with van der Waals surface area (Å²) in [6, 6.07) is 0. The van der Waals surface area contributed by atoms with Crippen LogP contribution in [-0.4, -0.2) is 27.8 Å². The SMILES string of the molecule is CN=P(C)([N-]C)[N-]C.[Y].[Y].[Y].[Y].[Y].[Y].[Y].[Y].[Y].[Y].[Y].[Y].[Y].[Y].[Y]. The molecule has 0 heterocycles. The van der Waals surface area contributed by atoms with E-state index in [1.165, 1.54) is 0 Å². The van der Waals surface area contributed by atoms with Gasteiger partial charge in [0.2, 0.25) is 0 Å². The Morgan fingerprint density at radius 2 is 0.609 bits per heavy atom. The second-order valence-corrected chi connectivity index (χ2v) is 4.40. The zero-order chi connectivity index (χ0) is 6.62. The van der Waals surface area contributed by atoms with Crippen molar-refractivity contribution in [2.75, 3.05) is 27.8 Å². The molecule has 0 spiro atoms. The average molecular weight is 1470 g/mol. The number of hydrogen-bond acceptors (Lipinski definition) is 1. The monoisotopic (exact) mass is 1470 g/mol. The minimum absolute atomic E-state index is 0. The fraction of sp³-hybridized carbons (Fsp3) is 1.00. The maximum Gasteiger partial charge on any atom is 0.0223 e. The van der Waals surface area contributed by atoms with Crippen molar-refractivity contribution in [2.45, 2.75) is 0 Å². The van der Waals surface area contributed by atoms with Crippen LogP contribution < -0.4 is 0 Å². The van der Waals surface area contributed by atoms with Gasteiger partial charge in [0.25, 0.3) is 0 Å². The summed E-state index contributed by atoms with van der Waals surface area (Å²) in [6.45, 7) is 1.97. The number of nitrogens with zero attached hydrogens (tertiary/aromatic N) is 3. The van der Waals surface area contributed by atoms with Crippen LogP contribution in [0.2, 0.25) is 0 Å². The van der Waals surface area contributed by atoms with Crippen LogP contribution >= 0.6 is 7.36 Å². The van der Waals surface area contributed by atoms with Gasteiger partial charge in [0.05, 0.1) is 0 Å². The van der Waals surface area contributed by atoms with Crippen LogP contribution in [0.25, 0.3) is 10.2 Å². The summed E-state index contributed by atoms with van der Waals surface area (Å²) in [5, 5.41) is 8.07. The average Bonchev–Trinajstić information content (AvgIpc) is 1.87. The molecule has 23 heavy (non-hydrogen) atoms. The molecule has 0 atom stereocenters. The van der Waals surface area contributed by atoms with Crippen molar-refractivity contribution >= 4 is 7.36 Å². The quantitative estimate of drug-likeness (QED) is 0.382. The van der Waals surface area contributed by atoms with Crippen LogP contribution in [0.3, 0.4) is 0 Å². The third kappa shape index (κ3) is 78.9. The van der Waals surface area contributed by atoms with Gasteiger partial charge in [-0.25, -0.2) is 7.36 Å². The van der Waals surface area contributed by atoms with Crippen molar-refractivity contribution in [2.24, 2.45) is 4.74 Å². The Kier molecular flexibility index (Phi) is 383. The van der Waals surface area contributed by atoms with E-state index in [9.17, 15) is 0 Å². The summed E-state index contributed by atoms with van der Waals surface area (Å²) in [6.07, 6.45) is 0. The summed E-state index contributed by atoms with van der Waals surface area (Å²) in [5.41, 5.74) is 0. The minimum atomic E-state index is -1.54. The maximum absolute atomic E-state index is 4.03. The van der Waals surface area contributed by atoms with Gasteiger partial charge in [0.15, 0.2) is 0 Å². The molecule has 15 radical (unpaired) electrons. The molecule has 0 amide bonds. The fourth-order valence-electron chi connectivity index (χ4n) is 0.268. The predicted molar refractivity (Wildman–Crippen MR) is 39.8 cm³/mol. The summed E-state index contributed by atoms with van der Waals surface area (Å²) < 4.78 is 4.03. The largest absolute Gasteiger partial charge is 0.640 e. The first-order chi connectivity index (χ1) is 3.68. The van der Waals surface area contributed by atoms with Crippen LogP contribution in [0.5, 0.6) is 0 Å². The van der Waals surface area contributed by atoms with Crippen molar-refractivity contribution in [3.63, 3.8) is 0 Å². The van der Waals surface area contributed by atoms with Gasteiger partial charge >= 0.3 is 0 Å². The van der Waals surface area contributed by atoms with Gasteiger partial charge in [-0.05, 0) is 0 Å². The zero-order valence-electron chi connectivity index (χ0n) is 14.4. The topological polar surface area (TPSA) is 40.6 Å². The maximum atomic E-state index is 4.03. The molecule has 0 saturated carbocycles. The Bertz CT molecular complexity index is 123. The van der Waals surface area contributed by atoms with Crippen molar-refractivity contribution < 1.29 is 491 Å². The van der Waals surface area contributed by atoms with Crippen LogP contribution in [0.1, 0.15) is 0 Å². The first kappa shape index (κ1) is 106. The minimum Gasteiger partial charge on any atom is -0.640 e. The van der Waals surface area contributed by atoms with Crippen LogP contribution in [0.15, 0.2) is 4.74 Å². The normalized spacial score (nSPS) is 4.00. The van der Waals surface area contributed by atoms with Crippen molar-refractivity contribution in [3.8, 4) is 0 Å². The van der Waals surface area contributed by atoms with Gasteiger partial charge in [-0.2, -0.15) is 14.1 Å². The van der Waals surface area contributed by atoms with E-state index in [4.69, 9.17) is 0 Å². The summed E-state index contributed by atoms with van der Waals surface area (Å²) in [7, 11) is 3.74. The molecule has 0 aromatic rings. The standard InChI is InChI=1S/C4H12N3P.15Y/c1-5-8(4,6-2)7-3;;;;;;;;;;;;;;;/h1-4H3;;;;;;;;;;;;;;;/q-2;;;;;;;;;;;;;;;. The van der Waals surface area contributed by atoms with E-state index in [2.05, 4.69) is 14.9 Å². The van der Waals surface area contributed by atoms with Crippen molar-refractivity contribution in [1.29, 1.82) is 0 Å². The van der Waals surface area contributed by atoms with E-state index >= 15 is 0 Å². The second-order valence-electron chi connectivity index (χ2n) is 1.47. The molecule has 0 aliphatic carbocycles.